The molecule has 1 amide bonds. The Morgan fingerprint density at radius 2 is 1.93 bits per heavy atom. The van der Waals surface area contributed by atoms with Gasteiger partial charge in [0.25, 0.3) is 5.82 Å². The second kappa shape index (κ2) is 7.15. The van der Waals surface area contributed by atoms with Crippen molar-refractivity contribution in [3.63, 3.8) is 0 Å². The molecule has 3 aliphatic rings. The minimum Gasteiger partial charge on any atom is -0.335 e. The van der Waals surface area contributed by atoms with Crippen LogP contribution in [0.25, 0.3) is 0 Å². The molecule has 3 fully saturated rings. The summed E-state index contributed by atoms with van der Waals surface area (Å²) in [6.07, 6.45) is 2.27. The van der Waals surface area contributed by atoms with Gasteiger partial charge >= 0.3 is 6.18 Å². The van der Waals surface area contributed by atoms with Crippen LogP contribution in [-0.4, -0.2) is 37.0 Å². The van der Waals surface area contributed by atoms with Crippen molar-refractivity contribution in [3.05, 3.63) is 22.8 Å². The molecule has 1 aliphatic heterocycles. The summed E-state index contributed by atoms with van der Waals surface area (Å²) in [5, 5.41) is 0.0478. The molecule has 4 rings (SSSR count). The molecule has 0 spiro atoms. The lowest BCUT2D eigenvalue weighted by Crippen LogP contribution is -2.50. The van der Waals surface area contributed by atoms with Gasteiger partial charge in [-0.25, -0.2) is 4.98 Å². The van der Waals surface area contributed by atoms with E-state index in [0.717, 1.165) is 24.1 Å². The Morgan fingerprint density at radius 1 is 1.19 bits per heavy atom. The number of alkyl halides is 3. The number of nitrogens with one attached hydrogen (secondary N) is 1. The number of aromatic amines is 1. The Bertz CT molecular complexity index is 719. The third-order valence-electron chi connectivity index (χ3n) is 6.47. The third kappa shape index (κ3) is 3.89. The predicted octanol–water partition coefficient (Wildman–Crippen LogP) is 3.65. The molecule has 0 radical (unpaired) electrons. The highest BCUT2D eigenvalue weighted by Crippen LogP contribution is 2.49. The maximum Gasteiger partial charge on any atom is 0.419 e. The van der Waals surface area contributed by atoms with E-state index in [2.05, 4.69) is 4.98 Å². The number of aromatic nitrogens is 1. The van der Waals surface area contributed by atoms with Gasteiger partial charge in [0.05, 0.1) is 18.7 Å². The summed E-state index contributed by atoms with van der Waals surface area (Å²) in [4.78, 5) is 19.1. The molecule has 2 bridgehead atoms. The summed E-state index contributed by atoms with van der Waals surface area (Å²) in [7, 11) is 0. The summed E-state index contributed by atoms with van der Waals surface area (Å²) in [6, 6.07) is 0.944. The average Bonchev–Trinajstić information content (AvgIpc) is 3.24. The maximum atomic E-state index is 12.8. The standard InChI is InChI=1S/C19H23ClF3N3O/c20-16-10-15(19(21,22)23)11-24-18(16)26-5-3-25(4-6-26)17(27)9-14-8-12-1-2-13(14)7-12/h10-14H,1-9H2/p+1/t12-,13+,14-/m0/s1. The Hall–Kier alpha value is -1.50. The van der Waals surface area contributed by atoms with Crippen LogP contribution in [0.5, 0.6) is 0 Å². The van der Waals surface area contributed by atoms with E-state index in [1.807, 2.05) is 9.80 Å². The molecule has 2 aliphatic carbocycles. The van der Waals surface area contributed by atoms with Gasteiger partial charge in [0.1, 0.15) is 24.3 Å². The lowest BCUT2D eigenvalue weighted by atomic mass is 9.86. The van der Waals surface area contributed by atoms with Gasteiger partial charge in [-0.1, -0.05) is 18.0 Å². The molecular weight excluding hydrogens is 379 g/mol. The van der Waals surface area contributed by atoms with Gasteiger partial charge < -0.3 is 4.90 Å². The van der Waals surface area contributed by atoms with Crippen LogP contribution in [0.2, 0.25) is 5.02 Å². The molecule has 2 heterocycles. The number of carbonyl (C=O) groups is 1. The van der Waals surface area contributed by atoms with Crippen molar-refractivity contribution in [1.29, 1.82) is 0 Å². The number of fused-ring (bicyclic) bond motifs is 2. The molecular formula is C19H24ClF3N3O+. The zero-order chi connectivity index (χ0) is 19.2. The molecule has 3 atom stereocenters. The Balaban J connectivity index is 1.33. The van der Waals surface area contributed by atoms with Gasteiger partial charge in [-0.15, -0.1) is 0 Å². The highest BCUT2D eigenvalue weighted by Gasteiger charge is 2.41. The molecule has 1 saturated heterocycles. The molecule has 2 saturated carbocycles. The number of rotatable bonds is 3. The Kier molecular flexibility index (Phi) is 4.99. The van der Waals surface area contributed by atoms with E-state index in [1.165, 1.54) is 25.7 Å². The van der Waals surface area contributed by atoms with Crippen molar-refractivity contribution >= 4 is 23.3 Å². The normalized spacial score (nSPS) is 28.1. The van der Waals surface area contributed by atoms with E-state index >= 15 is 0 Å². The lowest BCUT2D eigenvalue weighted by Gasteiger charge is -2.32. The maximum absolute atomic E-state index is 12.8. The SMILES string of the molecule is O=C(C[C@@H]1C[C@H]2CC[C@@H]1C2)N1CCN(c2[nH+]cc(C(F)(F)F)cc2Cl)CC1. The van der Waals surface area contributed by atoms with Crippen LogP contribution in [0.15, 0.2) is 12.3 Å². The predicted molar refractivity (Wildman–Crippen MR) is 95.4 cm³/mol. The van der Waals surface area contributed by atoms with Crippen molar-refractivity contribution in [2.75, 3.05) is 31.1 Å². The first-order chi connectivity index (χ1) is 12.8. The number of hydrogen-bond donors (Lipinski definition) is 0. The van der Waals surface area contributed by atoms with E-state index in [0.29, 0.717) is 44.3 Å². The number of H-pyrrole nitrogens is 1. The fourth-order valence-corrected chi connectivity index (χ4v) is 5.32. The molecule has 27 heavy (non-hydrogen) atoms. The fraction of sp³-hybridized carbons (Fsp3) is 0.684. The zero-order valence-electron chi connectivity index (χ0n) is 15.1. The first-order valence-electron chi connectivity index (χ1n) is 9.62. The van der Waals surface area contributed by atoms with Crippen LogP contribution >= 0.6 is 11.6 Å². The van der Waals surface area contributed by atoms with E-state index in [-0.39, 0.29) is 10.9 Å². The Morgan fingerprint density at radius 3 is 2.48 bits per heavy atom. The number of amides is 1. The second-order valence-electron chi connectivity index (χ2n) is 8.09. The molecule has 148 valence electrons. The van der Waals surface area contributed by atoms with Crippen LogP contribution < -0.4 is 9.88 Å². The number of halogens is 4. The highest BCUT2D eigenvalue weighted by molar-refractivity contribution is 6.32. The minimum absolute atomic E-state index is 0.0478. The number of anilines is 1. The summed E-state index contributed by atoms with van der Waals surface area (Å²) < 4.78 is 38.3. The van der Waals surface area contributed by atoms with Crippen LogP contribution in [0.4, 0.5) is 19.0 Å². The van der Waals surface area contributed by atoms with Crippen LogP contribution in [0.1, 0.15) is 37.7 Å². The topological polar surface area (TPSA) is 37.7 Å². The first kappa shape index (κ1) is 18.8. The van der Waals surface area contributed by atoms with Gasteiger partial charge in [-0.2, -0.15) is 13.2 Å². The zero-order valence-corrected chi connectivity index (χ0v) is 15.8. The number of piperazine rings is 1. The summed E-state index contributed by atoms with van der Waals surface area (Å²) >= 11 is 6.06. The summed E-state index contributed by atoms with van der Waals surface area (Å²) in [5.74, 6) is 2.81. The van der Waals surface area contributed by atoms with Crippen molar-refractivity contribution in [1.82, 2.24) is 4.90 Å². The number of carbonyl (C=O) groups excluding carboxylic acids is 1. The van der Waals surface area contributed by atoms with Crippen molar-refractivity contribution in [2.45, 2.75) is 38.3 Å². The quantitative estimate of drug-likeness (QED) is 0.774. The van der Waals surface area contributed by atoms with Crippen LogP contribution in [0, 0.1) is 17.8 Å². The summed E-state index contributed by atoms with van der Waals surface area (Å²) in [6.45, 7) is 2.27. The van der Waals surface area contributed by atoms with E-state index in [9.17, 15) is 18.0 Å². The number of pyridine rings is 1. The van der Waals surface area contributed by atoms with Crippen LogP contribution in [0.3, 0.4) is 0 Å². The fourth-order valence-electron chi connectivity index (χ4n) is 5.03. The molecule has 1 aromatic rings. The van der Waals surface area contributed by atoms with Crippen molar-refractivity contribution in [3.8, 4) is 0 Å². The molecule has 0 aromatic carbocycles. The van der Waals surface area contributed by atoms with Gasteiger partial charge in [0.2, 0.25) is 5.91 Å². The molecule has 8 heteroatoms. The van der Waals surface area contributed by atoms with E-state index in [4.69, 9.17) is 11.6 Å². The summed E-state index contributed by atoms with van der Waals surface area (Å²) in [5.41, 5.74) is -0.795. The number of hydrogen-bond acceptors (Lipinski definition) is 2. The van der Waals surface area contributed by atoms with Crippen molar-refractivity contribution < 1.29 is 22.9 Å². The van der Waals surface area contributed by atoms with Crippen LogP contribution in [-0.2, 0) is 11.0 Å². The molecule has 1 aromatic heterocycles. The molecule has 0 unspecified atom stereocenters. The van der Waals surface area contributed by atoms with Gasteiger partial charge in [-0.05, 0) is 43.1 Å². The lowest BCUT2D eigenvalue weighted by molar-refractivity contribution is -0.367. The van der Waals surface area contributed by atoms with Gasteiger partial charge in [0, 0.05) is 6.42 Å². The molecule has 4 nitrogen and oxygen atoms in total. The number of nitrogens with zero attached hydrogens (tertiary/aromatic N) is 2. The van der Waals surface area contributed by atoms with Crippen molar-refractivity contribution in [2.24, 2.45) is 17.8 Å². The molecule has 1 N–H and O–H groups in total. The minimum atomic E-state index is -4.43. The van der Waals surface area contributed by atoms with E-state index < -0.39 is 11.7 Å². The third-order valence-corrected chi connectivity index (χ3v) is 6.76. The second-order valence-corrected chi connectivity index (χ2v) is 8.50. The monoisotopic (exact) mass is 402 g/mol. The highest BCUT2D eigenvalue weighted by atomic mass is 35.5. The van der Waals surface area contributed by atoms with E-state index in [1.54, 1.807) is 0 Å². The van der Waals surface area contributed by atoms with Gasteiger partial charge in [0.15, 0.2) is 0 Å². The first-order valence-corrected chi connectivity index (χ1v) is 10.00. The smallest absolute Gasteiger partial charge is 0.335 e. The Labute approximate surface area is 161 Å². The van der Waals surface area contributed by atoms with Gasteiger partial charge in [-0.3, -0.25) is 9.69 Å². The largest absolute Gasteiger partial charge is 0.419 e. The average molecular weight is 403 g/mol.